The summed E-state index contributed by atoms with van der Waals surface area (Å²) in [6.45, 7) is 4.22. The maximum absolute atomic E-state index is 11.9. The zero-order valence-electron chi connectivity index (χ0n) is 12.8. The first-order valence-corrected chi connectivity index (χ1v) is 9.25. The SMILES string of the molecule is Cc1ccc(SCCC(=O)Nc2nnc(C3CC3)s2)cc1C. The third-order valence-corrected chi connectivity index (χ3v) is 5.69. The third-order valence-electron chi connectivity index (χ3n) is 3.69. The first kappa shape index (κ1) is 15.5. The van der Waals surface area contributed by atoms with Crippen molar-refractivity contribution < 1.29 is 4.79 Å². The van der Waals surface area contributed by atoms with Crippen molar-refractivity contribution in [3.8, 4) is 0 Å². The average Bonchev–Trinajstić information content (AvgIpc) is 3.23. The molecule has 0 bridgehead atoms. The van der Waals surface area contributed by atoms with Crippen molar-refractivity contribution in [1.29, 1.82) is 0 Å². The highest BCUT2D eigenvalue weighted by Gasteiger charge is 2.27. The fourth-order valence-corrected chi connectivity index (χ4v) is 3.90. The lowest BCUT2D eigenvalue weighted by molar-refractivity contribution is -0.115. The van der Waals surface area contributed by atoms with Crippen molar-refractivity contribution in [3.05, 3.63) is 34.3 Å². The number of aromatic nitrogens is 2. The summed E-state index contributed by atoms with van der Waals surface area (Å²) in [4.78, 5) is 13.1. The Morgan fingerprint density at radius 1 is 1.32 bits per heavy atom. The lowest BCUT2D eigenvalue weighted by atomic mass is 10.1. The van der Waals surface area contributed by atoms with Gasteiger partial charge >= 0.3 is 0 Å². The average molecular weight is 333 g/mol. The molecule has 0 radical (unpaired) electrons. The van der Waals surface area contributed by atoms with Crippen LogP contribution < -0.4 is 5.32 Å². The first-order chi connectivity index (χ1) is 10.6. The number of amides is 1. The molecule has 1 aromatic carbocycles. The molecular weight excluding hydrogens is 314 g/mol. The molecule has 0 unspecified atom stereocenters. The van der Waals surface area contributed by atoms with E-state index in [0.29, 0.717) is 17.5 Å². The maximum Gasteiger partial charge on any atom is 0.227 e. The van der Waals surface area contributed by atoms with Crippen molar-refractivity contribution >= 4 is 34.1 Å². The highest BCUT2D eigenvalue weighted by molar-refractivity contribution is 7.99. The second-order valence-corrected chi connectivity index (χ2v) is 7.79. The van der Waals surface area contributed by atoms with Crippen LogP contribution in [0, 0.1) is 13.8 Å². The van der Waals surface area contributed by atoms with Gasteiger partial charge in [-0.2, -0.15) is 0 Å². The van der Waals surface area contributed by atoms with Crippen LogP contribution in [0.3, 0.4) is 0 Å². The van der Waals surface area contributed by atoms with E-state index >= 15 is 0 Å². The van der Waals surface area contributed by atoms with Crippen LogP contribution in [-0.2, 0) is 4.79 Å². The van der Waals surface area contributed by atoms with E-state index in [-0.39, 0.29) is 5.91 Å². The molecule has 1 saturated carbocycles. The number of anilines is 1. The van der Waals surface area contributed by atoms with Crippen LogP contribution in [0.15, 0.2) is 23.1 Å². The normalized spacial score (nSPS) is 14.1. The second-order valence-electron chi connectivity index (χ2n) is 5.61. The summed E-state index contributed by atoms with van der Waals surface area (Å²) >= 11 is 3.21. The minimum Gasteiger partial charge on any atom is -0.301 e. The molecule has 0 spiro atoms. The Labute approximate surface area is 138 Å². The molecule has 0 aliphatic heterocycles. The van der Waals surface area contributed by atoms with Crippen LogP contribution in [0.25, 0.3) is 0 Å². The number of hydrogen-bond acceptors (Lipinski definition) is 5. The Kier molecular flexibility index (Phi) is 4.78. The molecule has 3 rings (SSSR count). The first-order valence-electron chi connectivity index (χ1n) is 7.45. The molecule has 22 heavy (non-hydrogen) atoms. The summed E-state index contributed by atoms with van der Waals surface area (Å²) in [5.41, 5.74) is 2.58. The van der Waals surface area contributed by atoms with E-state index in [4.69, 9.17) is 0 Å². The summed E-state index contributed by atoms with van der Waals surface area (Å²) < 4.78 is 0. The minimum atomic E-state index is 0.00910. The number of carbonyl (C=O) groups excluding carboxylic acids is 1. The molecule has 116 valence electrons. The Balaban J connectivity index is 1.44. The predicted octanol–water partition coefficient (Wildman–Crippen LogP) is 4.15. The van der Waals surface area contributed by atoms with Crippen molar-refractivity contribution in [1.82, 2.24) is 10.2 Å². The monoisotopic (exact) mass is 333 g/mol. The molecule has 1 aliphatic carbocycles. The second kappa shape index (κ2) is 6.79. The molecule has 1 N–H and O–H groups in total. The van der Waals surface area contributed by atoms with Crippen LogP contribution >= 0.6 is 23.1 Å². The fraction of sp³-hybridized carbons (Fsp3) is 0.438. The highest BCUT2D eigenvalue weighted by atomic mass is 32.2. The fourth-order valence-electron chi connectivity index (χ4n) is 2.03. The van der Waals surface area contributed by atoms with E-state index in [1.54, 1.807) is 11.8 Å². The van der Waals surface area contributed by atoms with E-state index in [0.717, 1.165) is 10.8 Å². The summed E-state index contributed by atoms with van der Waals surface area (Å²) in [6.07, 6.45) is 2.89. The number of hydrogen-bond donors (Lipinski definition) is 1. The van der Waals surface area contributed by atoms with E-state index in [1.807, 2.05) is 0 Å². The Morgan fingerprint density at radius 2 is 2.14 bits per heavy atom. The number of carbonyl (C=O) groups is 1. The van der Waals surface area contributed by atoms with Gasteiger partial charge < -0.3 is 5.32 Å². The quantitative estimate of drug-likeness (QED) is 0.807. The van der Waals surface area contributed by atoms with Gasteiger partial charge in [-0.15, -0.1) is 22.0 Å². The van der Waals surface area contributed by atoms with Gasteiger partial charge in [0.05, 0.1) is 0 Å². The van der Waals surface area contributed by atoms with Gasteiger partial charge in [-0.3, -0.25) is 4.79 Å². The molecule has 4 nitrogen and oxygen atoms in total. The summed E-state index contributed by atoms with van der Waals surface area (Å²) in [7, 11) is 0. The van der Waals surface area contributed by atoms with Gasteiger partial charge in [0, 0.05) is 23.0 Å². The molecule has 1 fully saturated rings. The maximum atomic E-state index is 11.9. The van der Waals surface area contributed by atoms with Gasteiger partial charge in [0.2, 0.25) is 11.0 Å². The summed E-state index contributed by atoms with van der Waals surface area (Å²) in [5, 5.41) is 12.7. The summed E-state index contributed by atoms with van der Waals surface area (Å²) in [5.74, 6) is 1.36. The number of nitrogens with zero attached hydrogens (tertiary/aromatic N) is 2. The van der Waals surface area contributed by atoms with Crippen LogP contribution in [-0.4, -0.2) is 21.9 Å². The lowest BCUT2D eigenvalue weighted by Crippen LogP contribution is -2.11. The molecule has 0 saturated heterocycles. The van der Waals surface area contributed by atoms with Gasteiger partial charge in [-0.25, -0.2) is 0 Å². The number of aryl methyl sites for hydroxylation is 2. The van der Waals surface area contributed by atoms with Gasteiger partial charge in [-0.1, -0.05) is 17.4 Å². The number of nitrogens with one attached hydrogen (secondary N) is 1. The lowest BCUT2D eigenvalue weighted by Gasteiger charge is -2.05. The Bertz CT molecular complexity index is 680. The number of thioether (sulfide) groups is 1. The third kappa shape index (κ3) is 4.08. The molecule has 1 aromatic heterocycles. The predicted molar refractivity (Wildman–Crippen MR) is 91.8 cm³/mol. The van der Waals surface area contributed by atoms with Gasteiger partial charge in [0.1, 0.15) is 5.01 Å². The van der Waals surface area contributed by atoms with Crippen molar-refractivity contribution in [3.63, 3.8) is 0 Å². The highest BCUT2D eigenvalue weighted by Crippen LogP contribution is 2.42. The minimum absolute atomic E-state index is 0.00910. The van der Waals surface area contributed by atoms with Crippen LogP contribution in [0.1, 0.15) is 41.3 Å². The number of rotatable bonds is 6. The zero-order valence-corrected chi connectivity index (χ0v) is 14.4. The van der Waals surface area contributed by atoms with Crippen LogP contribution in [0.2, 0.25) is 0 Å². The van der Waals surface area contributed by atoms with E-state index < -0.39 is 0 Å². The zero-order chi connectivity index (χ0) is 15.5. The van der Waals surface area contributed by atoms with Crippen molar-refractivity contribution in [2.45, 2.75) is 43.9 Å². The summed E-state index contributed by atoms with van der Waals surface area (Å²) in [6, 6.07) is 6.40. The number of benzene rings is 1. The molecule has 1 aliphatic rings. The smallest absolute Gasteiger partial charge is 0.227 e. The molecule has 0 atom stereocenters. The molecule has 2 aromatic rings. The van der Waals surface area contributed by atoms with Gasteiger partial charge in [-0.05, 0) is 49.9 Å². The van der Waals surface area contributed by atoms with Gasteiger partial charge in [0.25, 0.3) is 0 Å². The van der Waals surface area contributed by atoms with E-state index in [1.165, 1.54) is 40.2 Å². The van der Waals surface area contributed by atoms with Crippen molar-refractivity contribution in [2.75, 3.05) is 11.1 Å². The van der Waals surface area contributed by atoms with E-state index in [9.17, 15) is 4.79 Å². The molecule has 6 heteroatoms. The van der Waals surface area contributed by atoms with Crippen molar-refractivity contribution in [2.24, 2.45) is 0 Å². The molecular formula is C16H19N3OS2. The Morgan fingerprint density at radius 3 is 2.86 bits per heavy atom. The van der Waals surface area contributed by atoms with Crippen LogP contribution in [0.5, 0.6) is 0 Å². The van der Waals surface area contributed by atoms with Crippen LogP contribution in [0.4, 0.5) is 5.13 Å². The Hall–Kier alpha value is -1.40. The molecule has 1 amide bonds. The topological polar surface area (TPSA) is 54.9 Å². The largest absolute Gasteiger partial charge is 0.301 e. The van der Waals surface area contributed by atoms with Gasteiger partial charge in [0.15, 0.2) is 0 Å². The standard InChI is InChI=1S/C16H19N3OS2/c1-10-3-6-13(9-11(10)2)21-8-7-14(20)17-16-19-18-15(22-16)12-4-5-12/h3,6,9,12H,4-5,7-8H2,1-2H3,(H,17,19,20). The molecule has 1 heterocycles. The van der Waals surface area contributed by atoms with E-state index in [2.05, 4.69) is 47.6 Å².